The highest BCUT2D eigenvalue weighted by Crippen LogP contribution is 2.23. The molecule has 1 fully saturated rings. The highest BCUT2D eigenvalue weighted by atomic mass is 16.5. The minimum atomic E-state index is -0.145. The van der Waals surface area contributed by atoms with Gasteiger partial charge in [0, 0.05) is 25.2 Å². The Balaban J connectivity index is 2.00. The molecule has 1 aliphatic rings. The van der Waals surface area contributed by atoms with Gasteiger partial charge in [-0.3, -0.25) is 4.90 Å². The fourth-order valence-electron chi connectivity index (χ4n) is 2.59. The van der Waals surface area contributed by atoms with Gasteiger partial charge in [0.15, 0.2) is 0 Å². The fraction of sp³-hybridized carbons (Fsp3) is 0.625. The first-order valence-corrected chi connectivity index (χ1v) is 7.19. The zero-order valence-corrected chi connectivity index (χ0v) is 12.4. The van der Waals surface area contributed by atoms with E-state index in [0.29, 0.717) is 0 Å². The maximum atomic E-state index is 6.11. The smallest absolute Gasteiger partial charge is 0.0952 e. The van der Waals surface area contributed by atoms with E-state index in [1.54, 1.807) is 0 Å². The van der Waals surface area contributed by atoms with E-state index < -0.39 is 0 Å². The fourth-order valence-corrected chi connectivity index (χ4v) is 2.59. The first kappa shape index (κ1) is 14.5. The van der Waals surface area contributed by atoms with Crippen LogP contribution in [0, 0.1) is 0 Å². The van der Waals surface area contributed by atoms with Gasteiger partial charge in [-0.2, -0.15) is 0 Å². The van der Waals surface area contributed by atoms with Crippen molar-refractivity contribution in [2.24, 2.45) is 5.73 Å². The van der Waals surface area contributed by atoms with Crippen molar-refractivity contribution in [3.05, 3.63) is 35.4 Å². The summed E-state index contributed by atoms with van der Waals surface area (Å²) in [6.45, 7) is 9.95. The van der Waals surface area contributed by atoms with Crippen LogP contribution in [0.4, 0.5) is 0 Å². The minimum Gasteiger partial charge on any atom is -0.371 e. The van der Waals surface area contributed by atoms with Crippen LogP contribution in [0.1, 0.15) is 38.0 Å². The molecule has 0 amide bonds. The molecule has 3 heteroatoms. The van der Waals surface area contributed by atoms with Crippen molar-refractivity contribution >= 4 is 0 Å². The Labute approximate surface area is 116 Å². The zero-order valence-electron chi connectivity index (χ0n) is 12.4. The molecular weight excluding hydrogens is 236 g/mol. The van der Waals surface area contributed by atoms with Crippen LogP contribution >= 0.6 is 0 Å². The van der Waals surface area contributed by atoms with Crippen LogP contribution in [0.15, 0.2) is 24.3 Å². The SMILES string of the molecule is CCc1ccc(C2CN(CC(C)(C)N)CCO2)cc1. The summed E-state index contributed by atoms with van der Waals surface area (Å²) < 4.78 is 5.90. The third-order valence-electron chi connectivity index (χ3n) is 3.54. The molecular formula is C16H26N2O. The van der Waals surface area contributed by atoms with Crippen LogP contribution in [0.5, 0.6) is 0 Å². The Kier molecular flexibility index (Phi) is 4.61. The molecule has 1 unspecified atom stereocenters. The highest BCUT2D eigenvalue weighted by molar-refractivity contribution is 5.24. The van der Waals surface area contributed by atoms with Crippen LogP contribution in [0.25, 0.3) is 0 Å². The summed E-state index contributed by atoms with van der Waals surface area (Å²) in [5.74, 6) is 0. The van der Waals surface area contributed by atoms with Gasteiger partial charge in [0.05, 0.1) is 12.7 Å². The topological polar surface area (TPSA) is 38.5 Å². The maximum Gasteiger partial charge on any atom is 0.0952 e. The van der Waals surface area contributed by atoms with E-state index >= 15 is 0 Å². The van der Waals surface area contributed by atoms with E-state index in [0.717, 1.165) is 32.7 Å². The Morgan fingerprint density at radius 3 is 2.58 bits per heavy atom. The molecule has 1 aromatic carbocycles. The number of nitrogens with two attached hydrogens (primary N) is 1. The van der Waals surface area contributed by atoms with Gasteiger partial charge in [0.2, 0.25) is 0 Å². The largest absolute Gasteiger partial charge is 0.371 e. The Morgan fingerprint density at radius 2 is 2.00 bits per heavy atom. The molecule has 0 spiro atoms. The lowest BCUT2D eigenvalue weighted by Gasteiger charge is -2.36. The van der Waals surface area contributed by atoms with E-state index in [2.05, 4.69) is 49.9 Å². The molecule has 1 aliphatic heterocycles. The summed E-state index contributed by atoms with van der Waals surface area (Å²) in [5.41, 5.74) is 8.61. The molecule has 3 nitrogen and oxygen atoms in total. The average Bonchev–Trinajstić information content (AvgIpc) is 2.37. The van der Waals surface area contributed by atoms with Gasteiger partial charge in [-0.25, -0.2) is 0 Å². The summed E-state index contributed by atoms with van der Waals surface area (Å²) in [4.78, 5) is 2.40. The second-order valence-corrected chi connectivity index (χ2v) is 6.18. The molecule has 0 aromatic heterocycles. The lowest BCUT2D eigenvalue weighted by molar-refractivity contribution is -0.0347. The number of hydrogen-bond donors (Lipinski definition) is 1. The van der Waals surface area contributed by atoms with Crippen LogP contribution in [-0.4, -0.2) is 36.7 Å². The van der Waals surface area contributed by atoms with E-state index in [1.165, 1.54) is 11.1 Å². The minimum absolute atomic E-state index is 0.145. The molecule has 1 aromatic rings. The predicted molar refractivity (Wildman–Crippen MR) is 79.2 cm³/mol. The molecule has 2 N–H and O–H groups in total. The van der Waals surface area contributed by atoms with Crippen molar-refractivity contribution < 1.29 is 4.74 Å². The summed E-state index contributed by atoms with van der Waals surface area (Å²) in [6.07, 6.45) is 1.27. The Bertz CT molecular complexity index is 394. The van der Waals surface area contributed by atoms with Crippen LogP contribution in [-0.2, 0) is 11.2 Å². The summed E-state index contributed by atoms with van der Waals surface area (Å²) in [7, 11) is 0. The number of benzene rings is 1. The summed E-state index contributed by atoms with van der Waals surface area (Å²) in [5, 5.41) is 0. The van der Waals surface area contributed by atoms with E-state index in [9.17, 15) is 0 Å². The molecule has 0 bridgehead atoms. The van der Waals surface area contributed by atoms with Crippen molar-refractivity contribution in [3.8, 4) is 0 Å². The number of rotatable bonds is 4. The second-order valence-electron chi connectivity index (χ2n) is 6.18. The second kappa shape index (κ2) is 6.04. The van der Waals surface area contributed by atoms with Gasteiger partial charge in [-0.15, -0.1) is 0 Å². The molecule has 0 saturated carbocycles. The van der Waals surface area contributed by atoms with Gasteiger partial charge in [-0.1, -0.05) is 31.2 Å². The van der Waals surface area contributed by atoms with Crippen molar-refractivity contribution in [2.45, 2.75) is 38.8 Å². The molecule has 1 saturated heterocycles. The molecule has 2 rings (SSSR count). The lowest BCUT2D eigenvalue weighted by atomic mass is 10.0. The third kappa shape index (κ3) is 4.30. The van der Waals surface area contributed by atoms with Gasteiger partial charge in [0.25, 0.3) is 0 Å². The van der Waals surface area contributed by atoms with E-state index in [-0.39, 0.29) is 11.6 Å². The number of nitrogens with zero attached hydrogens (tertiary/aromatic N) is 1. The molecule has 0 aliphatic carbocycles. The third-order valence-corrected chi connectivity index (χ3v) is 3.54. The lowest BCUT2D eigenvalue weighted by Crippen LogP contribution is -2.49. The Morgan fingerprint density at radius 1 is 1.32 bits per heavy atom. The number of hydrogen-bond acceptors (Lipinski definition) is 3. The van der Waals surface area contributed by atoms with E-state index in [4.69, 9.17) is 10.5 Å². The first-order valence-electron chi connectivity index (χ1n) is 7.19. The first-order chi connectivity index (χ1) is 8.98. The normalized spacial score (nSPS) is 21.6. The van der Waals surface area contributed by atoms with Gasteiger partial charge < -0.3 is 10.5 Å². The van der Waals surface area contributed by atoms with E-state index in [1.807, 2.05) is 0 Å². The highest BCUT2D eigenvalue weighted by Gasteiger charge is 2.25. The zero-order chi connectivity index (χ0) is 13.9. The van der Waals surface area contributed by atoms with Crippen molar-refractivity contribution in [2.75, 3.05) is 26.2 Å². The predicted octanol–water partition coefficient (Wildman–Crippen LogP) is 2.36. The molecule has 106 valence electrons. The monoisotopic (exact) mass is 262 g/mol. The molecule has 1 heterocycles. The van der Waals surface area contributed by atoms with Crippen LogP contribution in [0.2, 0.25) is 0 Å². The van der Waals surface area contributed by atoms with Gasteiger partial charge in [0.1, 0.15) is 0 Å². The number of ether oxygens (including phenoxy) is 1. The van der Waals surface area contributed by atoms with Crippen molar-refractivity contribution in [3.63, 3.8) is 0 Å². The van der Waals surface area contributed by atoms with Crippen molar-refractivity contribution in [1.29, 1.82) is 0 Å². The summed E-state index contributed by atoms with van der Waals surface area (Å²) >= 11 is 0. The standard InChI is InChI=1S/C16H26N2O/c1-4-13-5-7-14(8-6-13)15-11-18(9-10-19-15)12-16(2,3)17/h5-8,15H,4,9-12,17H2,1-3H3. The Hall–Kier alpha value is -0.900. The van der Waals surface area contributed by atoms with Crippen molar-refractivity contribution in [1.82, 2.24) is 4.90 Å². The molecule has 1 atom stereocenters. The maximum absolute atomic E-state index is 6.11. The quantitative estimate of drug-likeness (QED) is 0.905. The average molecular weight is 262 g/mol. The van der Waals surface area contributed by atoms with Crippen LogP contribution < -0.4 is 5.73 Å². The number of aryl methyl sites for hydroxylation is 1. The molecule has 0 radical (unpaired) electrons. The summed E-state index contributed by atoms with van der Waals surface area (Å²) in [6, 6.07) is 8.79. The number of morpholine rings is 1. The van der Waals surface area contributed by atoms with Gasteiger partial charge >= 0.3 is 0 Å². The van der Waals surface area contributed by atoms with Crippen LogP contribution in [0.3, 0.4) is 0 Å². The van der Waals surface area contributed by atoms with Gasteiger partial charge in [-0.05, 0) is 31.4 Å². The molecule has 19 heavy (non-hydrogen) atoms.